The molecule has 174 valence electrons. The molecule has 5 atom stereocenters. The molecule has 6 heteroatoms. The van der Waals surface area contributed by atoms with Crippen LogP contribution in [0.15, 0.2) is 54.6 Å². The van der Waals surface area contributed by atoms with E-state index >= 15 is 0 Å². The quantitative estimate of drug-likeness (QED) is 0.649. The number of rotatable bonds is 7. The fraction of sp³-hybridized carbons (Fsp3) is 0.481. The van der Waals surface area contributed by atoms with Crippen LogP contribution in [0.2, 0.25) is 5.02 Å². The summed E-state index contributed by atoms with van der Waals surface area (Å²) in [4.78, 5) is 29.4. The Morgan fingerprint density at radius 3 is 2.67 bits per heavy atom. The van der Waals surface area contributed by atoms with E-state index in [-0.39, 0.29) is 35.6 Å². The average Bonchev–Trinajstić information content (AvgIpc) is 3.01. The summed E-state index contributed by atoms with van der Waals surface area (Å²) in [6.07, 6.45) is 1.72. The lowest BCUT2D eigenvalue weighted by atomic mass is 9.57. The zero-order valence-electron chi connectivity index (χ0n) is 19.3. The van der Waals surface area contributed by atoms with Gasteiger partial charge in [0.05, 0.1) is 0 Å². The monoisotopic (exact) mass is 465 g/mol. The highest BCUT2D eigenvalue weighted by atomic mass is 35.5. The maximum absolute atomic E-state index is 13.9. The van der Waals surface area contributed by atoms with Gasteiger partial charge in [0.2, 0.25) is 11.8 Å². The highest BCUT2D eigenvalue weighted by Gasteiger charge is 2.70. The topological polar surface area (TPSA) is 61.4 Å². The Morgan fingerprint density at radius 2 is 1.94 bits per heavy atom. The summed E-state index contributed by atoms with van der Waals surface area (Å²) in [6.45, 7) is 6.41. The molecule has 2 amide bonds. The van der Waals surface area contributed by atoms with Gasteiger partial charge in [-0.15, -0.1) is 0 Å². The summed E-state index contributed by atoms with van der Waals surface area (Å²) in [5.74, 6) is 0.722. The number of nitrogens with one attached hydrogen (secondary N) is 2. The van der Waals surface area contributed by atoms with Crippen molar-refractivity contribution in [2.24, 2.45) is 23.7 Å². The molecule has 3 saturated heterocycles. The highest BCUT2D eigenvalue weighted by molar-refractivity contribution is 6.30. The van der Waals surface area contributed by atoms with Gasteiger partial charge in [-0.05, 0) is 47.9 Å². The largest absolute Gasteiger partial charge is 0.350 e. The Kier molecular flexibility index (Phi) is 5.96. The predicted octanol–water partition coefficient (Wildman–Crippen LogP) is 4.01. The lowest BCUT2D eigenvalue weighted by Gasteiger charge is -2.55. The number of carbonyl (C=O) groups is 2. The van der Waals surface area contributed by atoms with Crippen molar-refractivity contribution in [3.63, 3.8) is 0 Å². The highest BCUT2D eigenvalue weighted by Crippen LogP contribution is 2.54. The second kappa shape index (κ2) is 8.77. The molecule has 0 spiro atoms. The van der Waals surface area contributed by atoms with Crippen molar-refractivity contribution >= 4 is 23.4 Å². The van der Waals surface area contributed by atoms with Crippen molar-refractivity contribution in [1.29, 1.82) is 0 Å². The third-order valence-electron chi connectivity index (χ3n) is 7.78. The third kappa shape index (κ3) is 3.95. The van der Waals surface area contributed by atoms with Gasteiger partial charge in [-0.1, -0.05) is 67.9 Å². The molecule has 6 rings (SSSR count). The maximum Gasteiger partial charge on any atom is 0.248 e. The van der Waals surface area contributed by atoms with E-state index in [1.165, 1.54) is 0 Å². The van der Waals surface area contributed by atoms with E-state index in [0.717, 1.165) is 42.1 Å². The molecule has 4 bridgehead atoms. The zero-order chi connectivity index (χ0) is 23.2. The second-order valence-electron chi connectivity index (χ2n) is 10.4. The van der Waals surface area contributed by atoms with Crippen molar-refractivity contribution in [1.82, 2.24) is 15.5 Å². The first-order chi connectivity index (χ1) is 15.9. The van der Waals surface area contributed by atoms with E-state index in [0.29, 0.717) is 12.5 Å². The van der Waals surface area contributed by atoms with Crippen LogP contribution in [0.1, 0.15) is 37.8 Å². The molecular formula is C27H32ClN3O2. The Bertz CT molecular complexity index is 1040. The van der Waals surface area contributed by atoms with Gasteiger partial charge in [-0.25, -0.2) is 0 Å². The molecule has 2 N–H and O–H groups in total. The van der Waals surface area contributed by atoms with Gasteiger partial charge in [0.25, 0.3) is 0 Å². The van der Waals surface area contributed by atoms with Crippen molar-refractivity contribution < 1.29 is 9.59 Å². The molecule has 5 nitrogen and oxygen atoms in total. The fourth-order valence-corrected chi connectivity index (χ4v) is 6.80. The Labute approximate surface area is 200 Å². The molecule has 1 saturated carbocycles. The summed E-state index contributed by atoms with van der Waals surface area (Å²) in [6, 6.07) is 17.9. The molecule has 2 aromatic carbocycles. The van der Waals surface area contributed by atoms with E-state index in [2.05, 4.69) is 35.4 Å². The van der Waals surface area contributed by atoms with E-state index in [4.69, 9.17) is 11.6 Å². The summed E-state index contributed by atoms with van der Waals surface area (Å²) in [5.41, 5.74) is 1.32. The van der Waals surface area contributed by atoms with E-state index in [1.54, 1.807) is 0 Å². The van der Waals surface area contributed by atoms with Crippen molar-refractivity contribution in [2.45, 2.75) is 51.4 Å². The van der Waals surface area contributed by atoms with Gasteiger partial charge in [0.15, 0.2) is 0 Å². The number of benzene rings is 2. The van der Waals surface area contributed by atoms with E-state index in [1.807, 2.05) is 48.5 Å². The van der Waals surface area contributed by atoms with Gasteiger partial charge < -0.3 is 10.6 Å². The van der Waals surface area contributed by atoms with Crippen LogP contribution in [0.25, 0.3) is 0 Å². The summed E-state index contributed by atoms with van der Waals surface area (Å²) in [5, 5.41) is 7.13. The van der Waals surface area contributed by atoms with Crippen LogP contribution in [0.3, 0.4) is 0 Å². The molecule has 3 heterocycles. The number of carbonyl (C=O) groups excluding carboxylic acids is 2. The maximum atomic E-state index is 13.9. The lowest BCUT2D eigenvalue weighted by Crippen LogP contribution is -2.77. The molecule has 0 aromatic heterocycles. The standard InChI is InChI=1S/C27H32ClN3O2/c1-17(2)11-22-23-13-20-16-31(15-19-9-6-10-21(28)12-19)24(22)27(20,30-25(23)32)26(33)29-14-18-7-4-3-5-8-18/h3-10,12,17,20,22-24H,11,13-16H2,1-2H3,(H,29,33)(H,30,32). The van der Waals surface area contributed by atoms with Crippen molar-refractivity contribution in [3.05, 3.63) is 70.7 Å². The molecular weight excluding hydrogens is 434 g/mol. The van der Waals surface area contributed by atoms with Crippen LogP contribution < -0.4 is 10.6 Å². The van der Waals surface area contributed by atoms with Gasteiger partial charge in [-0.3, -0.25) is 14.5 Å². The van der Waals surface area contributed by atoms with Crippen LogP contribution in [-0.2, 0) is 22.7 Å². The molecule has 1 aliphatic carbocycles. The van der Waals surface area contributed by atoms with E-state index < -0.39 is 5.54 Å². The number of likely N-dealkylation sites (tertiary alicyclic amines) is 1. The molecule has 0 radical (unpaired) electrons. The SMILES string of the molecule is CC(C)CC1C2CC3CN(Cc4cccc(Cl)c4)C1C3(C(=O)NCc1ccccc1)NC2=O. The van der Waals surface area contributed by atoms with Crippen molar-refractivity contribution in [3.8, 4) is 0 Å². The molecule has 33 heavy (non-hydrogen) atoms. The first-order valence-corrected chi connectivity index (χ1v) is 12.4. The van der Waals surface area contributed by atoms with Crippen LogP contribution in [0.4, 0.5) is 0 Å². The summed E-state index contributed by atoms with van der Waals surface area (Å²) < 4.78 is 0. The minimum atomic E-state index is -0.876. The molecule has 3 aliphatic heterocycles. The van der Waals surface area contributed by atoms with Gasteiger partial charge in [-0.2, -0.15) is 0 Å². The first-order valence-electron chi connectivity index (χ1n) is 12.0. The third-order valence-corrected chi connectivity index (χ3v) is 8.01. The lowest BCUT2D eigenvalue weighted by molar-refractivity contribution is -0.155. The Balaban J connectivity index is 1.47. The number of nitrogens with zero attached hydrogens (tertiary/aromatic N) is 1. The molecule has 4 aliphatic rings. The van der Waals surface area contributed by atoms with Crippen LogP contribution in [0, 0.1) is 23.7 Å². The second-order valence-corrected chi connectivity index (χ2v) is 10.8. The molecule has 2 aromatic rings. The van der Waals surface area contributed by atoms with Crippen LogP contribution in [-0.4, -0.2) is 34.8 Å². The van der Waals surface area contributed by atoms with Gasteiger partial charge >= 0.3 is 0 Å². The Hall–Kier alpha value is -2.37. The minimum Gasteiger partial charge on any atom is -0.350 e. The van der Waals surface area contributed by atoms with Gasteiger partial charge in [0, 0.05) is 42.5 Å². The number of amides is 2. The normalized spacial score (nSPS) is 30.5. The van der Waals surface area contributed by atoms with Crippen LogP contribution in [0.5, 0.6) is 0 Å². The predicted molar refractivity (Wildman–Crippen MR) is 129 cm³/mol. The summed E-state index contributed by atoms with van der Waals surface area (Å²) in [7, 11) is 0. The number of halogens is 1. The fourth-order valence-electron chi connectivity index (χ4n) is 6.59. The molecule has 4 fully saturated rings. The zero-order valence-corrected chi connectivity index (χ0v) is 20.0. The smallest absolute Gasteiger partial charge is 0.248 e. The summed E-state index contributed by atoms with van der Waals surface area (Å²) >= 11 is 6.26. The average molecular weight is 466 g/mol. The first kappa shape index (κ1) is 22.4. The van der Waals surface area contributed by atoms with Crippen LogP contribution >= 0.6 is 11.6 Å². The number of fused-ring (bicyclic) bond motifs is 1. The number of piperidine rings is 2. The molecule has 5 unspecified atom stereocenters. The number of hydrogen-bond acceptors (Lipinski definition) is 3. The number of hydrogen-bond donors (Lipinski definition) is 2. The Morgan fingerprint density at radius 1 is 1.18 bits per heavy atom. The van der Waals surface area contributed by atoms with Gasteiger partial charge in [0.1, 0.15) is 5.54 Å². The van der Waals surface area contributed by atoms with Crippen molar-refractivity contribution in [2.75, 3.05) is 6.54 Å². The van der Waals surface area contributed by atoms with E-state index in [9.17, 15) is 9.59 Å². The minimum absolute atomic E-state index is 0.0175.